The van der Waals surface area contributed by atoms with Crippen LogP contribution in [0, 0.1) is 0 Å². The molecule has 19 heavy (non-hydrogen) atoms. The van der Waals surface area contributed by atoms with Gasteiger partial charge in [-0.2, -0.15) is 0 Å². The normalized spacial score (nSPS) is 9.95. The van der Waals surface area contributed by atoms with E-state index in [0.29, 0.717) is 13.0 Å². The number of carboxylic acids is 1. The number of carbonyl (C=O) groups is 2. The Hall–Kier alpha value is -2.08. The lowest BCUT2D eigenvalue weighted by molar-refractivity contribution is -0.143. The number of carboxylic acid groups (broad SMARTS) is 1. The third kappa shape index (κ3) is 5.87. The molecule has 0 aromatic heterocycles. The van der Waals surface area contributed by atoms with E-state index >= 15 is 0 Å². The zero-order valence-electron chi connectivity index (χ0n) is 10.7. The van der Waals surface area contributed by atoms with Gasteiger partial charge in [-0.05, 0) is 18.1 Å². The van der Waals surface area contributed by atoms with E-state index in [1.807, 2.05) is 24.3 Å². The molecule has 0 bridgehead atoms. The fourth-order valence-corrected chi connectivity index (χ4v) is 1.53. The lowest BCUT2D eigenvalue weighted by atomic mass is 10.1. The Morgan fingerprint density at radius 1 is 1.26 bits per heavy atom. The maximum atomic E-state index is 11.3. The lowest BCUT2D eigenvalue weighted by Crippen LogP contribution is -2.30. The molecule has 0 saturated heterocycles. The molecule has 0 fully saturated rings. The Morgan fingerprint density at radius 2 is 2.00 bits per heavy atom. The van der Waals surface area contributed by atoms with E-state index in [1.165, 1.54) is 0 Å². The van der Waals surface area contributed by atoms with Crippen molar-refractivity contribution < 1.29 is 24.2 Å². The molecule has 1 rings (SSSR count). The topological polar surface area (TPSA) is 84.9 Å². The first-order valence-electron chi connectivity index (χ1n) is 5.81. The van der Waals surface area contributed by atoms with Gasteiger partial charge >= 0.3 is 5.97 Å². The van der Waals surface area contributed by atoms with Crippen LogP contribution in [0.4, 0.5) is 0 Å². The Morgan fingerprint density at radius 3 is 2.68 bits per heavy atom. The molecule has 0 saturated carbocycles. The molecule has 0 radical (unpaired) electrons. The minimum Gasteiger partial charge on any atom is -0.496 e. The number of aliphatic carboxylic acids is 1. The summed E-state index contributed by atoms with van der Waals surface area (Å²) in [7, 11) is 1.59. The molecule has 0 spiro atoms. The van der Waals surface area contributed by atoms with E-state index < -0.39 is 12.6 Å². The van der Waals surface area contributed by atoms with E-state index in [2.05, 4.69) is 10.1 Å². The predicted molar refractivity (Wildman–Crippen MR) is 68.2 cm³/mol. The highest BCUT2D eigenvalue weighted by Gasteiger charge is 2.05. The summed E-state index contributed by atoms with van der Waals surface area (Å²) in [6.45, 7) is -0.284. The molecule has 1 amide bonds. The molecule has 0 unspecified atom stereocenters. The predicted octanol–water partition coefficient (Wildman–Crippen LogP) is 0.455. The molecule has 0 heterocycles. The number of carbonyl (C=O) groups excluding carboxylic acids is 1. The molecule has 0 aliphatic heterocycles. The molecule has 0 aliphatic rings. The van der Waals surface area contributed by atoms with Crippen molar-refractivity contribution in [2.75, 3.05) is 26.9 Å². The lowest BCUT2D eigenvalue weighted by Gasteiger charge is -2.09. The Kier molecular flexibility index (Phi) is 6.38. The first-order valence-corrected chi connectivity index (χ1v) is 5.81. The maximum absolute atomic E-state index is 11.3. The SMILES string of the molecule is COc1ccccc1CCNC(=O)COCC(=O)O. The standard InChI is InChI=1S/C13H17NO5/c1-18-11-5-3-2-4-10(11)6-7-14-12(15)8-19-9-13(16)17/h2-5H,6-9H2,1H3,(H,14,15)(H,16,17). The number of nitrogens with one attached hydrogen (secondary N) is 1. The van der Waals surface area contributed by atoms with Crippen LogP contribution in [0.5, 0.6) is 5.75 Å². The molecule has 0 aliphatic carbocycles. The van der Waals surface area contributed by atoms with Crippen molar-refractivity contribution in [3.8, 4) is 5.75 Å². The van der Waals surface area contributed by atoms with Gasteiger partial charge in [0.1, 0.15) is 19.0 Å². The van der Waals surface area contributed by atoms with Crippen LogP contribution < -0.4 is 10.1 Å². The third-order valence-electron chi connectivity index (χ3n) is 2.37. The van der Waals surface area contributed by atoms with Gasteiger partial charge in [0, 0.05) is 6.54 Å². The van der Waals surface area contributed by atoms with Crippen molar-refractivity contribution in [3.05, 3.63) is 29.8 Å². The van der Waals surface area contributed by atoms with Crippen LogP contribution in [0.15, 0.2) is 24.3 Å². The van der Waals surface area contributed by atoms with E-state index in [4.69, 9.17) is 9.84 Å². The Labute approximate surface area is 111 Å². The number of para-hydroxylation sites is 1. The van der Waals surface area contributed by atoms with Crippen molar-refractivity contribution in [3.63, 3.8) is 0 Å². The summed E-state index contributed by atoms with van der Waals surface area (Å²) < 4.78 is 9.86. The van der Waals surface area contributed by atoms with Crippen molar-refractivity contribution in [2.24, 2.45) is 0 Å². The summed E-state index contributed by atoms with van der Waals surface area (Å²) in [5.74, 6) is -0.656. The maximum Gasteiger partial charge on any atom is 0.329 e. The highest BCUT2D eigenvalue weighted by atomic mass is 16.5. The summed E-state index contributed by atoms with van der Waals surface area (Å²) >= 11 is 0. The number of hydrogen-bond acceptors (Lipinski definition) is 4. The van der Waals surface area contributed by atoms with Crippen LogP contribution in [0.1, 0.15) is 5.56 Å². The fourth-order valence-electron chi connectivity index (χ4n) is 1.53. The zero-order valence-corrected chi connectivity index (χ0v) is 10.7. The average molecular weight is 267 g/mol. The Balaban J connectivity index is 2.26. The molecule has 0 atom stereocenters. The van der Waals surface area contributed by atoms with Crippen LogP contribution >= 0.6 is 0 Å². The molecule has 104 valence electrons. The van der Waals surface area contributed by atoms with E-state index in [9.17, 15) is 9.59 Å². The molecule has 6 nitrogen and oxygen atoms in total. The van der Waals surface area contributed by atoms with E-state index in [-0.39, 0.29) is 12.5 Å². The van der Waals surface area contributed by atoms with Gasteiger partial charge in [-0.3, -0.25) is 4.79 Å². The van der Waals surface area contributed by atoms with Crippen LogP contribution in [0.3, 0.4) is 0 Å². The van der Waals surface area contributed by atoms with Gasteiger partial charge < -0.3 is 19.9 Å². The van der Waals surface area contributed by atoms with Crippen LogP contribution in [0.25, 0.3) is 0 Å². The van der Waals surface area contributed by atoms with E-state index in [0.717, 1.165) is 11.3 Å². The van der Waals surface area contributed by atoms with Crippen molar-refractivity contribution in [1.29, 1.82) is 0 Å². The second-order valence-electron chi connectivity index (χ2n) is 3.80. The van der Waals surface area contributed by atoms with Gasteiger partial charge in [-0.25, -0.2) is 4.79 Å². The summed E-state index contributed by atoms with van der Waals surface area (Å²) in [4.78, 5) is 21.5. The largest absolute Gasteiger partial charge is 0.496 e. The number of hydrogen-bond donors (Lipinski definition) is 2. The van der Waals surface area contributed by atoms with Crippen molar-refractivity contribution in [2.45, 2.75) is 6.42 Å². The monoisotopic (exact) mass is 267 g/mol. The molecule has 6 heteroatoms. The van der Waals surface area contributed by atoms with Crippen LogP contribution in [-0.2, 0) is 20.7 Å². The summed E-state index contributed by atoms with van der Waals surface area (Å²) in [6, 6.07) is 7.55. The van der Waals surface area contributed by atoms with Gasteiger partial charge in [0.25, 0.3) is 0 Å². The van der Waals surface area contributed by atoms with Crippen molar-refractivity contribution in [1.82, 2.24) is 5.32 Å². The molecule has 1 aromatic carbocycles. The Bertz CT molecular complexity index is 433. The second-order valence-corrected chi connectivity index (χ2v) is 3.80. The van der Waals surface area contributed by atoms with Gasteiger partial charge in [-0.15, -0.1) is 0 Å². The molecule has 1 aromatic rings. The quantitative estimate of drug-likeness (QED) is 0.714. The van der Waals surface area contributed by atoms with Crippen LogP contribution in [0.2, 0.25) is 0 Å². The minimum atomic E-state index is -1.10. The summed E-state index contributed by atoms with van der Waals surface area (Å²) in [5.41, 5.74) is 0.997. The van der Waals surface area contributed by atoms with Crippen molar-refractivity contribution >= 4 is 11.9 Å². The smallest absolute Gasteiger partial charge is 0.329 e. The fraction of sp³-hybridized carbons (Fsp3) is 0.385. The minimum absolute atomic E-state index is 0.252. The number of benzene rings is 1. The first-order chi connectivity index (χ1) is 9.13. The second kappa shape index (κ2) is 8.10. The molecule has 2 N–H and O–H groups in total. The highest BCUT2D eigenvalue weighted by Crippen LogP contribution is 2.17. The number of ether oxygens (including phenoxy) is 2. The molecular formula is C13H17NO5. The van der Waals surface area contributed by atoms with Crippen LogP contribution in [-0.4, -0.2) is 43.9 Å². The average Bonchev–Trinajstić information content (AvgIpc) is 2.39. The highest BCUT2D eigenvalue weighted by molar-refractivity contribution is 5.77. The van der Waals surface area contributed by atoms with E-state index in [1.54, 1.807) is 7.11 Å². The number of methoxy groups -OCH3 is 1. The molecular weight excluding hydrogens is 250 g/mol. The zero-order chi connectivity index (χ0) is 14.1. The summed E-state index contributed by atoms with van der Waals surface area (Å²) in [6.07, 6.45) is 0.634. The number of amides is 1. The van der Waals surface area contributed by atoms with Gasteiger partial charge in [0.15, 0.2) is 0 Å². The van der Waals surface area contributed by atoms with Gasteiger partial charge in [0.05, 0.1) is 7.11 Å². The number of rotatable bonds is 8. The third-order valence-corrected chi connectivity index (χ3v) is 2.37. The first kappa shape index (κ1) is 15.0. The van der Waals surface area contributed by atoms with Gasteiger partial charge in [-0.1, -0.05) is 18.2 Å². The summed E-state index contributed by atoms with van der Waals surface area (Å²) in [5, 5.41) is 11.0. The van der Waals surface area contributed by atoms with Gasteiger partial charge in [0.2, 0.25) is 5.91 Å².